The van der Waals surface area contributed by atoms with Crippen molar-refractivity contribution in [2.45, 2.75) is 64.0 Å². The molecule has 0 aromatic carbocycles. The molecular formula is C11H22Cl2Si. The van der Waals surface area contributed by atoms with Crippen LogP contribution in [0.2, 0.25) is 12.6 Å². The molecule has 0 heterocycles. The van der Waals surface area contributed by atoms with Gasteiger partial charge in [-0.2, -0.15) is 0 Å². The predicted molar refractivity (Wildman–Crippen MR) is 68.6 cm³/mol. The fourth-order valence-electron chi connectivity index (χ4n) is 2.34. The molecule has 0 saturated heterocycles. The quantitative estimate of drug-likeness (QED) is 0.343. The van der Waals surface area contributed by atoms with Crippen LogP contribution in [0.5, 0.6) is 0 Å². The molecule has 0 N–H and O–H groups in total. The Morgan fingerprint density at radius 2 is 1.71 bits per heavy atom. The first kappa shape index (κ1) is 12.9. The second-order valence-electron chi connectivity index (χ2n) is 4.82. The molecule has 1 rings (SSSR count). The van der Waals surface area contributed by atoms with E-state index in [9.17, 15) is 0 Å². The minimum absolute atomic E-state index is 1.05. The fourth-order valence-corrected chi connectivity index (χ4v) is 4.02. The van der Waals surface area contributed by atoms with Crippen LogP contribution in [0.25, 0.3) is 0 Å². The van der Waals surface area contributed by atoms with Crippen molar-refractivity contribution in [3.63, 3.8) is 0 Å². The van der Waals surface area contributed by atoms with Gasteiger partial charge in [0.15, 0.2) is 0 Å². The van der Waals surface area contributed by atoms with Gasteiger partial charge < -0.3 is 0 Å². The Bertz CT molecular complexity index is 148. The lowest BCUT2D eigenvalue weighted by Crippen LogP contribution is -2.11. The van der Waals surface area contributed by atoms with Crippen molar-refractivity contribution in [2.75, 3.05) is 0 Å². The van der Waals surface area contributed by atoms with E-state index in [0.717, 1.165) is 12.0 Å². The maximum atomic E-state index is 6.04. The second-order valence-corrected chi connectivity index (χ2v) is 13.0. The van der Waals surface area contributed by atoms with Crippen molar-refractivity contribution >= 4 is 28.9 Å². The number of hydrogen-bond donors (Lipinski definition) is 0. The molecule has 0 aromatic rings. The smallest absolute Gasteiger partial charge is 0.146 e. The van der Waals surface area contributed by atoms with Crippen LogP contribution in [-0.4, -0.2) is 6.69 Å². The Kier molecular flexibility index (Phi) is 5.88. The van der Waals surface area contributed by atoms with E-state index in [4.69, 9.17) is 22.2 Å². The van der Waals surface area contributed by atoms with Crippen LogP contribution in [0.4, 0.5) is 0 Å². The first-order valence-corrected chi connectivity index (χ1v) is 10.7. The lowest BCUT2D eigenvalue weighted by molar-refractivity contribution is 0.471. The van der Waals surface area contributed by atoms with Gasteiger partial charge in [0.05, 0.1) is 0 Å². The third-order valence-electron chi connectivity index (χ3n) is 3.20. The molecule has 0 nitrogen and oxygen atoms in total. The Balaban J connectivity index is 1.89. The van der Waals surface area contributed by atoms with Gasteiger partial charge in [0.25, 0.3) is 0 Å². The molecule has 0 bridgehead atoms. The van der Waals surface area contributed by atoms with Gasteiger partial charge in [-0.1, -0.05) is 51.4 Å². The summed E-state index contributed by atoms with van der Waals surface area (Å²) in [6, 6.07) is 1.07. The van der Waals surface area contributed by atoms with Gasteiger partial charge in [-0.05, 0) is 18.5 Å². The highest BCUT2D eigenvalue weighted by Gasteiger charge is 2.19. The third-order valence-corrected chi connectivity index (χ3v) is 5.57. The summed E-state index contributed by atoms with van der Waals surface area (Å²) >= 11 is 12.1. The summed E-state index contributed by atoms with van der Waals surface area (Å²) in [5, 5.41) is 0. The standard InChI is InChI=1S/C11H22Cl2Si/c1-14(12,13)10-6-2-3-7-11-8-4-5-9-11/h11H,2-10H2,1H3. The molecule has 1 fully saturated rings. The number of halogens is 2. The molecule has 0 unspecified atom stereocenters. The number of hydrogen-bond acceptors (Lipinski definition) is 0. The van der Waals surface area contributed by atoms with E-state index in [1.54, 1.807) is 0 Å². The topological polar surface area (TPSA) is 0 Å². The van der Waals surface area contributed by atoms with Crippen LogP contribution in [0.1, 0.15) is 51.4 Å². The van der Waals surface area contributed by atoms with E-state index >= 15 is 0 Å². The highest BCUT2D eigenvalue weighted by atomic mass is 35.7. The summed E-state index contributed by atoms with van der Waals surface area (Å²) in [5.74, 6) is 1.05. The normalized spacial score (nSPS) is 19.1. The van der Waals surface area contributed by atoms with Crippen LogP contribution in [0, 0.1) is 5.92 Å². The van der Waals surface area contributed by atoms with Gasteiger partial charge in [-0.15, -0.1) is 22.2 Å². The zero-order valence-electron chi connectivity index (χ0n) is 9.20. The minimum atomic E-state index is -1.79. The summed E-state index contributed by atoms with van der Waals surface area (Å²) < 4.78 is 0. The van der Waals surface area contributed by atoms with Crippen molar-refractivity contribution in [3.05, 3.63) is 0 Å². The Morgan fingerprint density at radius 3 is 2.29 bits per heavy atom. The van der Waals surface area contributed by atoms with E-state index in [1.165, 1.54) is 51.4 Å². The van der Waals surface area contributed by atoms with Crippen LogP contribution in [0.15, 0.2) is 0 Å². The van der Waals surface area contributed by atoms with Crippen molar-refractivity contribution in [1.82, 2.24) is 0 Å². The highest BCUT2D eigenvalue weighted by molar-refractivity contribution is 7.44. The molecule has 1 aliphatic carbocycles. The van der Waals surface area contributed by atoms with Crippen LogP contribution in [-0.2, 0) is 0 Å². The third kappa shape index (κ3) is 6.31. The van der Waals surface area contributed by atoms with Crippen LogP contribution in [0.3, 0.4) is 0 Å². The van der Waals surface area contributed by atoms with Gasteiger partial charge >= 0.3 is 0 Å². The second kappa shape index (κ2) is 6.39. The predicted octanol–water partition coefficient (Wildman–Crippen LogP) is 5.29. The Morgan fingerprint density at radius 1 is 1.07 bits per heavy atom. The van der Waals surface area contributed by atoms with Gasteiger partial charge in [0.2, 0.25) is 6.69 Å². The van der Waals surface area contributed by atoms with Gasteiger partial charge in [0, 0.05) is 0 Å². The zero-order chi connectivity index (χ0) is 10.4. The highest BCUT2D eigenvalue weighted by Crippen LogP contribution is 2.30. The van der Waals surface area contributed by atoms with Gasteiger partial charge in [-0.25, -0.2) is 0 Å². The Labute approximate surface area is 98.8 Å². The molecule has 1 aliphatic rings. The molecule has 0 radical (unpaired) electrons. The molecular weight excluding hydrogens is 231 g/mol. The Hall–Kier alpha value is 0.797. The zero-order valence-corrected chi connectivity index (χ0v) is 11.7. The van der Waals surface area contributed by atoms with Crippen molar-refractivity contribution < 1.29 is 0 Å². The SMILES string of the molecule is C[Si](Cl)(Cl)CCCCCC1CCCC1. The van der Waals surface area contributed by atoms with Crippen LogP contribution >= 0.6 is 22.2 Å². The number of rotatable bonds is 6. The molecule has 0 aliphatic heterocycles. The van der Waals surface area contributed by atoms with E-state index in [0.29, 0.717) is 0 Å². The molecule has 0 amide bonds. The van der Waals surface area contributed by atoms with E-state index in [1.807, 2.05) is 6.55 Å². The van der Waals surface area contributed by atoms with Gasteiger partial charge in [-0.3, -0.25) is 0 Å². The largest absolute Gasteiger partial charge is 0.248 e. The summed E-state index contributed by atoms with van der Waals surface area (Å²) in [7, 11) is 0. The summed E-state index contributed by atoms with van der Waals surface area (Å²) in [4.78, 5) is 0. The number of unbranched alkanes of at least 4 members (excludes halogenated alkanes) is 2. The maximum absolute atomic E-state index is 6.04. The minimum Gasteiger partial charge on any atom is -0.146 e. The van der Waals surface area contributed by atoms with E-state index in [2.05, 4.69) is 0 Å². The molecule has 14 heavy (non-hydrogen) atoms. The summed E-state index contributed by atoms with van der Waals surface area (Å²) in [6.07, 6.45) is 11.3. The van der Waals surface area contributed by atoms with Crippen molar-refractivity contribution in [1.29, 1.82) is 0 Å². The van der Waals surface area contributed by atoms with Gasteiger partial charge in [0.1, 0.15) is 0 Å². The lowest BCUT2D eigenvalue weighted by atomic mass is 10.0. The molecule has 0 aromatic heterocycles. The average Bonchev–Trinajstić information content (AvgIpc) is 2.54. The summed E-state index contributed by atoms with van der Waals surface area (Å²) in [6.45, 7) is 0.227. The molecule has 84 valence electrons. The van der Waals surface area contributed by atoms with Crippen LogP contribution < -0.4 is 0 Å². The molecule has 1 saturated carbocycles. The maximum Gasteiger partial charge on any atom is 0.248 e. The van der Waals surface area contributed by atoms with Crippen molar-refractivity contribution in [2.24, 2.45) is 5.92 Å². The summed E-state index contributed by atoms with van der Waals surface area (Å²) in [5.41, 5.74) is 0. The fraction of sp³-hybridized carbons (Fsp3) is 1.00. The molecule has 0 atom stereocenters. The first-order chi connectivity index (χ1) is 6.58. The first-order valence-electron chi connectivity index (χ1n) is 5.96. The monoisotopic (exact) mass is 252 g/mol. The van der Waals surface area contributed by atoms with E-state index < -0.39 is 6.69 Å². The lowest BCUT2D eigenvalue weighted by Gasteiger charge is -2.11. The molecule has 3 heteroatoms. The molecule has 0 spiro atoms. The average molecular weight is 253 g/mol. The van der Waals surface area contributed by atoms with E-state index in [-0.39, 0.29) is 0 Å². The van der Waals surface area contributed by atoms with Crippen molar-refractivity contribution in [3.8, 4) is 0 Å².